The van der Waals surface area contributed by atoms with Crippen molar-refractivity contribution in [3.8, 4) is 0 Å². The molecule has 0 unspecified atom stereocenters. The molecule has 0 amide bonds. The molecule has 0 radical (unpaired) electrons. The van der Waals surface area contributed by atoms with Gasteiger partial charge in [0.15, 0.2) is 17.5 Å². The number of rotatable bonds is 5. The summed E-state index contributed by atoms with van der Waals surface area (Å²) in [5.41, 5.74) is 0.343. The van der Waals surface area contributed by atoms with Crippen LogP contribution in [0.3, 0.4) is 0 Å². The molecule has 0 fully saturated rings. The monoisotopic (exact) mass is 213 g/mol. The zero-order valence-corrected chi connectivity index (χ0v) is 9.30. The van der Waals surface area contributed by atoms with Crippen LogP contribution in [0.4, 0.5) is 10.2 Å². The second-order valence-corrected chi connectivity index (χ2v) is 3.25. The first-order valence-electron chi connectivity index (χ1n) is 4.94. The van der Waals surface area contributed by atoms with Gasteiger partial charge in [-0.2, -0.15) is 0 Å². The van der Waals surface area contributed by atoms with Crippen LogP contribution in [-0.4, -0.2) is 23.6 Å². The summed E-state index contributed by atoms with van der Waals surface area (Å²) in [5, 5.41) is 2.92. The molecule has 1 rings (SSSR count). The Labute approximate surface area is 88.9 Å². The maximum atomic E-state index is 13.5. The summed E-state index contributed by atoms with van der Waals surface area (Å²) in [6.45, 7) is 4.62. The predicted octanol–water partition coefficient (Wildman–Crippen LogP) is 1.89. The molecule has 1 N–H and O–H groups in total. The number of aryl methyl sites for hydroxylation is 1. The van der Waals surface area contributed by atoms with E-state index >= 15 is 0 Å². The number of hydrogen-bond acceptors (Lipinski definition) is 4. The Morgan fingerprint density at radius 3 is 2.73 bits per heavy atom. The van der Waals surface area contributed by atoms with Crippen molar-refractivity contribution in [2.24, 2.45) is 0 Å². The summed E-state index contributed by atoms with van der Waals surface area (Å²) in [5.74, 6) is 0.370. The summed E-state index contributed by atoms with van der Waals surface area (Å²) in [6, 6.07) is 0. The molecule has 1 aromatic rings. The number of ether oxygens (including phenoxy) is 1. The van der Waals surface area contributed by atoms with Gasteiger partial charge in [-0.25, -0.2) is 14.4 Å². The quantitative estimate of drug-likeness (QED) is 0.811. The van der Waals surface area contributed by atoms with E-state index in [9.17, 15) is 4.39 Å². The zero-order valence-electron chi connectivity index (χ0n) is 9.30. The van der Waals surface area contributed by atoms with E-state index in [1.54, 1.807) is 14.0 Å². The van der Waals surface area contributed by atoms with Gasteiger partial charge in [-0.3, -0.25) is 0 Å². The van der Waals surface area contributed by atoms with Crippen molar-refractivity contribution in [2.45, 2.75) is 26.9 Å². The third-order valence-corrected chi connectivity index (χ3v) is 1.88. The predicted molar refractivity (Wildman–Crippen MR) is 56.2 cm³/mol. The molecule has 0 aliphatic carbocycles. The molecule has 0 aromatic carbocycles. The van der Waals surface area contributed by atoms with Crippen molar-refractivity contribution in [1.29, 1.82) is 0 Å². The maximum Gasteiger partial charge on any atom is 0.186 e. The molecular formula is C10H16FN3O. The van der Waals surface area contributed by atoms with Gasteiger partial charge in [0.2, 0.25) is 0 Å². The van der Waals surface area contributed by atoms with Crippen LogP contribution >= 0.6 is 0 Å². The number of hydrogen-bond donors (Lipinski definition) is 1. The lowest BCUT2D eigenvalue weighted by Crippen LogP contribution is -2.10. The number of nitrogens with one attached hydrogen (secondary N) is 1. The molecule has 0 bridgehead atoms. The van der Waals surface area contributed by atoms with Crippen LogP contribution in [0.15, 0.2) is 0 Å². The average molecular weight is 213 g/mol. The molecule has 0 saturated carbocycles. The second kappa shape index (κ2) is 5.60. The summed E-state index contributed by atoms with van der Waals surface area (Å²) < 4.78 is 18.4. The largest absolute Gasteiger partial charge is 0.377 e. The number of halogens is 1. The first kappa shape index (κ1) is 11.8. The minimum absolute atomic E-state index is 0.261. The summed E-state index contributed by atoms with van der Waals surface area (Å²) >= 11 is 0. The highest BCUT2D eigenvalue weighted by Crippen LogP contribution is 2.14. The second-order valence-electron chi connectivity index (χ2n) is 3.25. The Hall–Kier alpha value is -1.23. The third kappa shape index (κ3) is 3.13. The summed E-state index contributed by atoms with van der Waals surface area (Å²) in [4.78, 5) is 8.02. The fraction of sp³-hybridized carbons (Fsp3) is 0.600. The fourth-order valence-corrected chi connectivity index (χ4v) is 1.17. The SMILES string of the molecule is CCCNc1nc(COC)nc(C)c1F. The summed E-state index contributed by atoms with van der Waals surface area (Å²) in [7, 11) is 1.56. The number of anilines is 1. The van der Waals surface area contributed by atoms with Crippen molar-refractivity contribution in [2.75, 3.05) is 19.0 Å². The van der Waals surface area contributed by atoms with Crippen LogP contribution in [0.1, 0.15) is 24.9 Å². The van der Waals surface area contributed by atoms with E-state index in [1.807, 2.05) is 6.92 Å². The van der Waals surface area contributed by atoms with Crippen LogP contribution in [0.5, 0.6) is 0 Å². The van der Waals surface area contributed by atoms with Gasteiger partial charge in [0.1, 0.15) is 6.61 Å². The van der Waals surface area contributed by atoms with Crippen LogP contribution in [0, 0.1) is 12.7 Å². The van der Waals surface area contributed by atoms with E-state index in [4.69, 9.17) is 4.74 Å². The van der Waals surface area contributed by atoms with Gasteiger partial charge in [0.05, 0.1) is 5.69 Å². The van der Waals surface area contributed by atoms with Gasteiger partial charge in [-0.15, -0.1) is 0 Å². The number of methoxy groups -OCH3 is 1. The van der Waals surface area contributed by atoms with E-state index < -0.39 is 0 Å². The molecule has 0 saturated heterocycles. The molecule has 4 nitrogen and oxygen atoms in total. The standard InChI is InChI=1S/C10H16FN3O/c1-4-5-12-10-9(11)7(2)13-8(14-10)6-15-3/h4-6H2,1-3H3,(H,12,13,14). The van der Waals surface area contributed by atoms with Crippen LogP contribution in [0.25, 0.3) is 0 Å². The number of nitrogens with zero attached hydrogens (tertiary/aromatic N) is 2. The lowest BCUT2D eigenvalue weighted by atomic mass is 10.3. The topological polar surface area (TPSA) is 47.0 Å². The average Bonchev–Trinajstić information content (AvgIpc) is 2.21. The lowest BCUT2D eigenvalue weighted by Gasteiger charge is -2.08. The van der Waals surface area contributed by atoms with E-state index in [0.717, 1.165) is 6.42 Å². The molecule has 84 valence electrons. The number of aromatic nitrogens is 2. The molecular weight excluding hydrogens is 197 g/mol. The zero-order chi connectivity index (χ0) is 11.3. The van der Waals surface area contributed by atoms with E-state index in [-0.39, 0.29) is 11.6 Å². The first-order valence-corrected chi connectivity index (χ1v) is 4.94. The van der Waals surface area contributed by atoms with Crippen molar-refractivity contribution in [3.05, 3.63) is 17.3 Å². The molecule has 0 spiro atoms. The van der Waals surface area contributed by atoms with E-state index in [2.05, 4.69) is 15.3 Å². The Bertz CT molecular complexity index is 331. The Kier molecular flexibility index (Phi) is 4.42. The van der Waals surface area contributed by atoms with Gasteiger partial charge < -0.3 is 10.1 Å². The van der Waals surface area contributed by atoms with Gasteiger partial charge in [0, 0.05) is 13.7 Å². The van der Waals surface area contributed by atoms with Gasteiger partial charge in [-0.1, -0.05) is 6.92 Å². The van der Waals surface area contributed by atoms with Gasteiger partial charge in [-0.05, 0) is 13.3 Å². The van der Waals surface area contributed by atoms with Crippen molar-refractivity contribution in [3.63, 3.8) is 0 Å². The smallest absolute Gasteiger partial charge is 0.186 e. The fourth-order valence-electron chi connectivity index (χ4n) is 1.17. The van der Waals surface area contributed by atoms with Crippen LogP contribution < -0.4 is 5.32 Å². The highest BCUT2D eigenvalue weighted by Gasteiger charge is 2.10. The Balaban J connectivity index is 2.91. The molecule has 15 heavy (non-hydrogen) atoms. The van der Waals surface area contributed by atoms with Gasteiger partial charge >= 0.3 is 0 Å². The molecule has 0 aliphatic heterocycles. The third-order valence-electron chi connectivity index (χ3n) is 1.88. The van der Waals surface area contributed by atoms with Gasteiger partial charge in [0.25, 0.3) is 0 Å². The highest BCUT2D eigenvalue weighted by atomic mass is 19.1. The van der Waals surface area contributed by atoms with Crippen molar-refractivity contribution < 1.29 is 9.13 Å². The molecule has 5 heteroatoms. The van der Waals surface area contributed by atoms with Crippen LogP contribution in [0.2, 0.25) is 0 Å². The normalized spacial score (nSPS) is 10.4. The first-order chi connectivity index (χ1) is 7.19. The molecule has 1 aromatic heterocycles. The molecule has 0 aliphatic rings. The summed E-state index contributed by atoms with van der Waals surface area (Å²) in [6.07, 6.45) is 0.919. The molecule has 0 atom stereocenters. The molecule has 1 heterocycles. The van der Waals surface area contributed by atoms with Crippen LogP contribution in [-0.2, 0) is 11.3 Å². The van der Waals surface area contributed by atoms with E-state index in [0.29, 0.717) is 24.7 Å². The minimum Gasteiger partial charge on any atom is -0.377 e. The lowest BCUT2D eigenvalue weighted by molar-refractivity contribution is 0.177. The Morgan fingerprint density at radius 2 is 2.13 bits per heavy atom. The van der Waals surface area contributed by atoms with E-state index in [1.165, 1.54) is 0 Å². The van der Waals surface area contributed by atoms with Crippen molar-refractivity contribution in [1.82, 2.24) is 9.97 Å². The Morgan fingerprint density at radius 1 is 1.40 bits per heavy atom. The maximum absolute atomic E-state index is 13.5. The van der Waals surface area contributed by atoms with Crippen molar-refractivity contribution >= 4 is 5.82 Å². The highest BCUT2D eigenvalue weighted by molar-refractivity contribution is 5.37. The minimum atomic E-state index is -0.386.